The average Bonchev–Trinajstić information content (AvgIpc) is 2.38. The van der Waals surface area contributed by atoms with Crippen LogP contribution < -0.4 is 16.2 Å². The van der Waals surface area contributed by atoms with Gasteiger partial charge < -0.3 is 16.2 Å². The molecule has 2 aromatic heterocycles. The Labute approximate surface area is 123 Å². The van der Waals surface area contributed by atoms with E-state index in [4.69, 9.17) is 16.2 Å². The van der Waals surface area contributed by atoms with Gasteiger partial charge in [0.15, 0.2) is 5.82 Å². The van der Waals surface area contributed by atoms with Crippen molar-refractivity contribution in [3.63, 3.8) is 0 Å². The first kappa shape index (κ1) is 14.7. The summed E-state index contributed by atoms with van der Waals surface area (Å²) in [6.07, 6.45) is 1.57. The van der Waals surface area contributed by atoms with Crippen LogP contribution in [-0.4, -0.2) is 15.6 Å². The number of ether oxygens (including phenoxy) is 1. The molecule has 0 fully saturated rings. The van der Waals surface area contributed by atoms with Crippen LogP contribution in [0.25, 0.3) is 0 Å². The van der Waals surface area contributed by atoms with Crippen LogP contribution in [0.3, 0.4) is 0 Å². The van der Waals surface area contributed by atoms with E-state index in [1.165, 1.54) is 0 Å². The maximum absolute atomic E-state index is 5.70. The van der Waals surface area contributed by atoms with Crippen LogP contribution in [0.1, 0.15) is 20.8 Å². The van der Waals surface area contributed by atoms with Gasteiger partial charge in [0.1, 0.15) is 22.8 Å². The minimum atomic E-state index is -0.292. The zero-order chi connectivity index (χ0) is 15.5. The Morgan fingerprint density at radius 2 is 1.81 bits per heavy atom. The van der Waals surface area contributed by atoms with Gasteiger partial charge in [0.2, 0.25) is 5.88 Å². The number of anilines is 2. The van der Waals surface area contributed by atoms with Crippen molar-refractivity contribution in [2.24, 2.45) is 10.2 Å². The summed E-state index contributed by atoms with van der Waals surface area (Å²) >= 11 is 0. The molecular weight excluding hydrogens is 268 g/mol. The van der Waals surface area contributed by atoms with Crippen molar-refractivity contribution in [3.8, 4) is 5.88 Å². The van der Waals surface area contributed by atoms with Gasteiger partial charge >= 0.3 is 0 Å². The van der Waals surface area contributed by atoms with Crippen molar-refractivity contribution in [1.29, 1.82) is 0 Å². The fourth-order valence-electron chi connectivity index (χ4n) is 1.49. The van der Waals surface area contributed by atoms with E-state index in [2.05, 4.69) is 20.2 Å². The number of hydrogen-bond acceptors (Lipinski definition) is 7. The summed E-state index contributed by atoms with van der Waals surface area (Å²) in [6, 6.07) is 6.78. The Balaban J connectivity index is 2.11. The predicted molar refractivity (Wildman–Crippen MR) is 81.9 cm³/mol. The van der Waals surface area contributed by atoms with Crippen molar-refractivity contribution in [3.05, 3.63) is 30.5 Å². The quantitative estimate of drug-likeness (QED) is 0.841. The summed E-state index contributed by atoms with van der Waals surface area (Å²) in [4.78, 5) is 8.08. The van der Waals surface area contributed by atoms with E-state index in [-0.39, 0.29) is 11.4 Å². The number of hydrogen-bond donors (Lipinski definition) is 2. The van der Waals surface area contributed by atoms with Gasteiger partial charge in [-0.25, -0.2) is 9.97 Å². The number of rotatable bonds is 3. The Bertz CT molecular complexity index is 646. The number of nitrogens with zero attached hydrogens (tertiary/aromatic N) is 4. The van der Waals surface area contributed by atoms with Gasteiger partial charge in [0.25, 0.3) is 0 Å². The summed E-state index contributed by atoms with van der Waals surface area (Å²) in [5, 5.41) is 8.07. The lowest BCUT2D eigenvalue weighted by molar-refractivity contribution is 0.124. The standard InChI is InChI=1S/C14H18N6O/c1-14(2,3)21-12-7-4-9(8-17-12)19-20-10-5-6-11(15)18-13(10)16/h4-8H,1-3H3,(H4,15,16,18). The minimum Gasteiger partial charge on any atom is -0.472 e. The second kappa shape index (κ2) is 5.74. The highest BCUT2D eigenvalue weighted by Crippen LogP contribution is 2.24. The molecule has 4 N–H and O–H groups in total. The lowest BCUT2D eigenvalue weighted by Crippen LogP contribution is -2.23. The molecule has 0 saturated heterocycles. The van der Waals surface area contributed by atoms with E-state index in [1.807, 2.05) is 20.8 Å². The zero-order valence-electron chi connectivity index (χ0n) is 12.2. The molecule has 0 amide bonds. The summed E-state index contributed by atoms with van der Waals surface area (Å²) < 4.78 is 5.62. The van der Waals surface area contributed by atoms with Crippen molar-refractivity contribution >= 4 is 23.0 Å². The van der Waals surface area contributed by atoms with Crippen LogP contribution in [0.4, 0.5) is 23.0 Å². The third-order valence-electron chi connectivity index (χ3n) is 2.33. The van der Waals surface area contributed by atoms with E-state index in [0.717, 1.165) is 0 Å². The lowest BCUT2D eigenvalue weighted by atomic mass is 10.2. The Morgan fingerprint density at radius 1 is 1.05 bits per heavy atom. The van der Waals surface area contributed by atoms with Crippen molar-refractivity contribution in [2.45, 2.75) is 26.4 Å². The maximum Gasteiger partial charge on any atom is 0.213 e. The molecule has 0 aromatic carbocycles. The van der Waals surface area contributed by atoms with E-state index >= 15 is 0 Å². The Kier molecular flexibility index (Phi) is 4.02. The highest BCUT2D eigenvalue weighted by atomic mass is 16.5. The molecule has 0 bridgehead atoms. The SMILES string of the molecule is CC(C)(C)Oc1ccc(N=Nc2ccc(N)nc2N)cn1. The van der Waals surface area contributed by atoms with Gasteiger partial charge in [-0.15, -0.1) is 10.2 Å². The van der Waals surface area contributed by atoms with E-state index in [0.29, 0.717) is 23.1 Å². The molecule has 7 heteroatoms. The molecule has 2 aromatic rings. The van der Waals surface area contributed by atoms with E-state index < -0.39 is 0 Å². The van der Waals surface area contributed by atoms with E-state index in [1.54, 1.807) is 30.5 Å². The van der Waals surface area contributed by atoms with Gasteiger partial charge in [-0.2, -0.15) is 0 Å². The molecule has 0 aliphatic heterocycles. The number of nitrogen functional groups attached to an aromatic ring is 2. The average molecular weight is 286 g/mol. The van der Waals surface area contributed by atoms with Crippen LogP contribution >= 0.6 is 0 Å². The topological polar surface area (TPSA) is 112 Å². The molecule has 0 unspecified atom stereocenters. The van der Waals surface area contributed by atoms with Gasteiger partial charge in [-0.1, -0.05) is 0 Å². The molecule has 0 spiro atoms. The summed E-state index contributed by atoms with van der Waals surface area (Å²) in [6.45, 7) is 5.87. The molecule has 0 saturated carbocycles. The first-order valence-corrected chi connectivity index (χ1v) is 6.42. The second-order valence-electron chi connectivity index (χ2n) is 5.41. The van der Waals surface area contributed by atoms with Crippen LogP contribution in [0.5, 0.6) is 5.88 Å². The molecule has 7 nitrogen and oxygen atoms in total. The van der Waals surface area contributed by atoms with E-state index in [9.17, 15) is 0 Å². The molecule has 110 valence electrons. The first-order valence-electron chi connectivity index (χ1n) is 6.42. The molecule has 21 heavy (non-hydrogen) atoms. The fraction of sp³-hybridized carbons (Fsp3) is 0.286. The van der Waals surface area contributed by atoms with Gasteiger partial charge in [-0.3, -0.25) is 0 Å². The fourth-order valence-corrected chi connectivity index (χ4v) is 1.49. The summed E-state index contributed by atoms with van der Waals surface area (Å²) in [5.74, 6) is 1.12. The van der Waals surface area contributed by atoms with Crippen molar-refractivity contribution < 1.29 is 4.74 Å². The highest BCUT2D eigenvalue weighted by Gasteiger charge is 2.12. The Morgan fingerprint density at radius 3 is 2.38 bits per heavy atom. The Hall–Kier alpha value is -2.70. The third-order valence-corrected chi connectivity index (χ3v) is 2.33. The van der Waals surface area contributed by atoms with Crippen molar-refractivity contribution in [2.75, 3.05) is 11.5 Å². The van der Waals surface area contributed by atoms with Crippen LogP contribution in [0, 0.1) is 0 Å². The number of pyridine rings is 2. The van der Waals surface area contributed by atoms with Crippen LogP contribution in [0.15, 0.2) is 40.7 Å². The van der Waals surface area contributed by atoms with Crippen molar-refractivity contribution in [1.82, 2.24) is 9.97 Å². The molecule has 0 aliphatic carbocycles. The summed E-state index contributed by atoms with van der Waals surface area (Å²) in [7, 11) is 0. The predicted octanol–water partition coefficient (Wildman–Crippen LogP) is 3.23. The lowest BCUT2D eigenvalue weighted by Gasteiger charge is -2.19. The largest absolute Gasteiger partial charge is 0.472 e. The van der Waals surface area contributed by atoms with Gasteiger partial charge in [-0.05, 0) is 39.0 Å². The monoisotopic (exact) mass is 286 g/mol. The number of aromatic nitrogens is 2. The number of azo groups is 1. The smallest absolute Gasteiger partial charge is 0.213 e. The normalized spacial score (nSPS) is 11.8. The minimum absolute atomic E-state index is 0.236. The molecule has 0 radical (unpaired) electrons. The van der Waals surface area contributed by atoms with Gasteiger partial charge in [0.05, 0.1) is 6.20 Å². The molecular formula is C14H18N6O. The molecule has 0 aliphatic rings. The van der Waals surface area contributed by atoms with Crippen LogP contribution in [-0.2, 0) is 0 Å². The maximum atomic E-state index is 5.70. The third kappa shape index (κ3) is 4.41. The molecule has 2 rings (SSSR count). The van der Waals surface area contributed by atoms with Crippen LogP contribution in [0.2, 0.25) is 0 Å². The number of nitrogens with two attached hydrogens (primary N) is 2. The second-order valence-corrected chi connectivity index (χ2v) is 5.41. The summed E-state index contributed by atoms with van der Waals surface area (Å²) in [5.41, 5.74) is 12.0. The molecule has 0 atom stereocenters. The zero-order valence-corrected chi connectivity index (χ0v) is 12.2. The first-order chi connectivity index (χ1) is 9.83. The molecule has 2 heterocycles. The van der Waals surface area contributed by atoms with Gasteiger partial charge in [0, 0.05) is 6.07 Å². The highest BCUT2D eigenvalue weighted by molar-refractivity contribution is 5.60.